The quantitative estimate of drug-likeness (QED) is 0.572. The molecule has 1 saturated heterocycles. The summed E-state index contributed by atoms with van der Waals surface area (Å²) in [7, 11) is 1.57. The van der Waals surface area contributed by atoms with E-state index in [4.69, 9.17) is 4.74 Å². The Morgan fingerprint density at radius 2 is 1.90 bits per heavy atom. The summed E-state index contributed by atoms with van der Waals surface area (Å²) in [6, 6.07) is 9.20. The fourth-order valence-electron chi connectivity index (χ4n) is 4.81. The van der Waals surface area contributed by atoms with E-state index >= 15 is 0 Å². The molecule has 1 aliphatic heterocycles. The molecule has 7 heteroatoms. The highest BCUT2D eigenvalue weighted by Gasteiger charge is 2.49. The monoisotopic (exact) mass is 422 g/mol. The van der Waals surface area contributed by atoms with Gasteiger partial charge in [0, 0.05) is 23.0 Å². The molecule has 2 aliphatic rings. The van der Waals surface area contributed by atoms with Gasteiger partial charge in [-0.25, -0.2) is 4.79 Å². The van der Waals surface area contributed by atoms with Gasteiger partial charge < -0.3 is 14.6 Å². The van der Waals surface area contributed by atoms with Gasteiger partial charge in [0.25, 0.3) is 5.91 Å². The molecule has 1 N–H and O–H groups in total. The number of carbonyl (C=O) groups excluding carboxylic acids is 2. The zero-order chi connectivity index (χ0) is 22.2. The van der Waals surface area contributed by atoms with E-state index in [1.54, 1.807) is 44.5 Å². The van der Waals surface area contributed by atoms with E-state index in [1.165, 1.54) is 37.8 Å². The van der Waals surface area contributed by atoms with Gasteiger partial charge >= 0.3 is 6.03 Å². The van der Waals surface area contributed by atoms with E-state index in [0.717, 1.165) is 16.3 Å². The van der Waals surface area contributed by atoms with Crippen LogP contribution in [-0.4, -0.2) is 34.8 Å². The summed E-state index contributed by atoms with van der Waals surface area (Å²) in [4.78, 5) is 25.7. The maximum absolute atomic E-state index is 13.1. The van der Waals surface area contributed by atoms with Crippen LogP contribution in [-0.2, 0) is 10.3 Å². The van der Waals surface area contributed by atoms with Gasteiger partial charge in [-0.3, -0.25) is 4.79 Å². The predicted octanol–water partition coefficient (Wildman–Crippen LogP) is 4.42. The molecule has 2 fully saturated rings. The summed E-state index contributed by atoms with van der Waals surface area (Å²) in [5.74, 6) is 0.209. The number of urea groups is 1. The van der Waals surface area contributed by atoms with E-state index in [-0.39, 0.29) is 0 Å². The normalized spacial score (nSPS) is 22.4. The Balaban J connectivity index is 1.58. The van der Waals surface area contributed by atoms with Crippen LogP contribution >= 0.6 is 0 Å². The topological polar surface area (TPSA) is 75.9 Å². The molecular weight excluding hydrogens is 392 g/mol. The SMILES string of the molecule is COc1cccc([C@]2(C)NC(=O)N(/N=C\c3cc(C)n(C4CCCCC4)c3C)C2=O)c1. The number of hydrogen-bond acceptors (Lipinski definition) is 4. The van der Waals surface area contributed by atoms with Gasteiger partial charge in [0.15, 0.2) is 0 Å². The van der Waals surface area contributed by atoms with Crippen LogP contribution in [0.4, 0.5) is 4.79 Å². The van der Waals surface area contributed by atoms with Gasteiger partial charge in [-0.1, -0.05) is 31.4 Å². The van der Waals surface area contributed by atoms with E-state index in [1.807, 2.05) is 0 Å². The van der Waals surface area contributed by atoms with Crippen LogP contribution in [0.25, 0.3) is 0 Å². The van der Waals surface area contributed by atoms with Crippen molar-refractivity contribution in [1.82, 2.24) is 14.9 Å². The molecule has 31 heavy (non-hydrogen) atoms. The molecule has 1 atom stereocenters. The van der Waals surface area contributed by atoms with Crippen LogP contribution < -0.4 is 10.1 Å². The number of ether oxygens (including phenoxy) is 1. The number of hydrazone groups is 1. The third kappa shape index (κ3) is 3.73. The van der Waals surface area contributed by atoms with Crippen molar-refractivity contribution in [2.75, 3.05) is 7.11 Å². The average Bonchev–Trinajstić information content (AvgIpc) is 3.18. The summed E-state index contributed by atoms with van der Waals surface area (Å²) in [6.45, 7) is 5.87. The Morgan fingerprint density at radius 3 is 2.61 bits per heavy atom. The number of hydrogen-bond donors (Lipinski definition) is 1. The van der Waals surface area contributed by atoms with Crippen molar-refractivity contribution in [3.05, 3.63) is 52.8 Å². The van der Waals surface area contributed by atoms with E-state index in [9.17, 15) is 9.59 Å². The Kier molecular flexibility index (Phi) is 5.60. The molecule has 1 saturated carbocycles. The number of nitrogens with one attached hydrogen (secondary N) is 1. The molecular formula is C24H30N4O3. The van der Waals surface area contributed by atoms with Crippen LogP contribution in [0.1, 0.15) is 67.6 Å². The van der Waals surface area contributed by atoms with Crippen molar-refractivity contribution in [3.63, 3.8) is 0 Å². The molecule has 164 valence electrons. The minimum absolute atomic E-state index is 0.414. The molecule has 2 aromatic rings. The van der Waals surface area contributed by atoms with Crippen LogP contribution in [0.3, 0.4) is 0 Å². The first kappa shape index (κ1) is 21.2. The molecule has 2 heterocycles. The van der Waals surface area contributed by atoms with Crippen molar-refractivity contribution in [3.8, 4) is 5.75 Å². The van der Waals surface area contributed by atoms with Gasteiger partial charge in [-0.2, -0.15) is 5.10 Å². The van der Waals surface area contributed by atoms with E-state index < -0.39 is 17.5 Å². The molecule has 0 unspecified atom stereocenters. The number of carbonyl (C=O) groups is 2. The number of imide groups is 1. The Labute approximate surface area is 183 Å². The van der Waals surface area contributed by atoms with Crippen LogP contribution in [0, 0.1) is 13.8 Å². The van der Waals surface area contributed by atoms with E-state index in [2.05, 4.69) is 34.9 Å². The lowest BCUT2D eigenvalue weighted by atomic mass is 9.92. The highest BCUT2D eigenvalue weighted by molar-refractivity contribution is 6.07. The number of amides is 3. The standard InChI is InChI=1S/C24H30N4O3/c1-16-13-18(17(2)27(16)20-10-6-5-7-11-20)15-25-28-22(29)24(3,26-23(28)30)19-9-8-12-21(14-19)31-4/h8-9,12-15,20H,5-7,10-11H2,1-4H3,(H,26,30)/b25-15-/t24-/m0/s1. The number of aromatic nitrogens is 1. The van der Waals surface area contributed by atoms with Gasteiger partial charge in [0.05, 0.1) is 13.3 Å². The first-order valence-corrected chi connectivity index (χ1v) is 10.9. The number of aryl methyl sites for hydroxylation is 1. The predicted molar refractivity (Wildman–Crippen MR) is 119 cm³/mol. The largest absolute Gasteiger partial charge is 0.497 e. The second-order valence-corrected chi connectivity index (χ2v) is 8.64. The van der Waals surface area contributed by atoms with Gasteiger partial charge in [0.2, 0.25) is 0 Å². The van der Waals surface area contributed by atoms with Gasteiger partial charge in [-0.05, 0) is 57.4 Å². The lowest BCUT2D eigenvalue weighted by Crippen LogP contribution is -2.40. The third-order valence-electron chi connectivity index (χ3n) is 6.59. The zero-order valence-electron chi connectivity index (χ0n) is 18.6. The number of rotatable bonds is 5. The van der Waals surface area contributed by atoms with Gasteiger partial charge in [0.1, 0.15) is 11.3 Å². The molecule has 4 rings (SSSR count). The Bertz CT molecular complexity index is 1040. The molecule has 0 spiro atoms. The molecule has 7 nitrogen and oxygen atoms in total. The maximum Gasteiger partial charge on any atom is 0.346 e. The minimum Gasteiger partial charge on any atom is -0.497 e. The number of methoxy groups -OCH3 is 1. The van der Waals surface area contributed by atoms with Crippen molar-refractivity contribution in [2.24, 2.45) is 5.10 Å². The summed E-state index contributed by atoms with van der Waals surface area (Å²) in [5.41, 5.74) is 2.69. The molecule has 0 radical (unpaired) electrons. The molecule has 1 aromatic heterocycles. The van der Waals surface area contributed by atoms with Crippen LogP contribution in [0.5, 0.6) is 5.75 Å². The van der Waals surface area contributed by atoms with Gasteiger partial charge in [-0.15, -0.1) is 5.01 Å². The number of benzene rings is 1. The average molecular weight is 423 g/mol. The second kappa shape index (κ2) is 8.21. The Morgan fingerprint density at radius 1 is 1.16 bits per heavy atom. The van der Waals surface area contributed by atoms with Crippen molar-refractivity contribution in [2.45, 2.75) is 64.5 Å². The first-order chi connectivity index (χ1) is 14.8. The lowest BCUT2D eigenvalue weighted by Gasteiger charge is -2.26. The fourth-order valence-corrected chi connectivity index (χ4v) is 4.81. The molecule has 0 bridgehead atoms. The molecule has 3 amide bonds. The summed E-state index contributed by atoms with van der Waals surface area (Å²) >= 11 is 0. The summed E-state index contributed by atoms with van der Waals surface area (Å²) in [5, 5.41) is 7.98. The van der Waals surface area contributed by atoms with Crippen molar-refractivity contribution in [1.29, 1.82) is 0 Å². The van der Waals surface area contributed by atoms with E-state index in [0.29, 0.717) is 17.4 Å². The van der Waals surface area contributed by atoms with Crippen LogP contribution in [0.2, 0.25) is 0 Å². The smallest absolute Gasteiger partial charge is 0.346 e. The highest BCUT2D eigenvalue weighted by Crippen LogP contribution is 2.33. The molecule has 1 aromatic carbocycles. The lowest BCUT2D eigenvalue weighted by molar-refractivity contribution is -0.131. The third-order valence-corrected chi connectivity index (χ3v) is 6.59. The molecule has 1 aliphatic carbocycles. The second-order valence-electron chi connectivity index (χ2n) is 8.64. The maximum atomic E-state index is 13.1. The summed E-state index contributed by atoms with van der Waals surface area (Å²) < 4.78 is 7.64. The van der Waals surface area contributed by atoms with Crippen LogP contribution in [0.15, 0.2) is 35.4 Å². The first-order valence-electron chi connectivity index (χ1n) is 10.9. The zero-order valence-corrected chi connectivity index (χ0v) is 18.6. The van der Waals surface area contributed by atoms with Crippen molar-refractivity contribution < 1.29 is 14.3 Å². The van der Waals surface area contributed by atoms with Crippen molar-refractivity contribution >= 4 is 18.2 Å². The fraction of sp³-hybridized carbons (Fsp3) is 0.458. The number of nitrogens with zero attached hydrogens (tertiary/aromatic N) is 3. The minimum atomic E-state index is -1.19. The Hall–Kier alpha value is -3.09. The summed E-state index contributed by atoms with van der Waals surface area (Å²) in [6.07, 6.45) is 7.84. The highest BCUT2D eigenvalue weighted by atomic mass is 16.5.